The van der Waals surface area contributed by atoms with Crippen molar-refractivity contribution >= 4 is 22.5 Å². The van der Waals surface area contributed by atoms with Crippen LogP contribution in [0.25, 0.3) is 10.9 Å². The largest absolute Gasteiger partial charge is 0.434 e. The second kappa shape index (κ2) is 4.78. The molecule has 0 radical (unpaired) electrons. The van der Waals surface area contributed by atoms with Gasteiger partial charge in [0.1, 0.15) is 5.52 Å². The monoisotopic (exact) mass is 275 g/mol. The van der Waals surface area contributed by atoms with E-state index in [0.29, 0.717) is 11.3 Å². The molecule has 0 bridgehead atoms. The summed E-state index contributed by atoms with van der Waals surface area (Å²) in [6.07, 6.45) is 2.60. The summed E-state index contributed by atoms with van der Waals surface area (Å²) in [7, 11) is 0. The van der Waals surface area contributed by atoms with Gasteiger partial charge in [0.15, 0.2) is 5.75 Å². The van der Waals surface area contributed by atoms with Gasteiger partial charge in [-0.15, -0.1) is 0 Å². The van der Waals surface area contributed by atoms with Gasteiger partial charge in [-0.25, -0.2) is 4.98 Å². The van der Waals surface area contributed by atoms with Crippen LogP contribution in [0.1, 0.15) is 0 Å². The van der Waals surface area contributed by atoms with Crippen molar-refractivity contribution in [1.82, 2.24) is 15.0 Å². The molecule has 2 aromatic heterocycles. The van der Waals surface area contributed by atoms with E-state index in [1.165, 1.54) is 0 Å². The highest BCUT2D eigenvalue weighted by molar-refractivity contribution is 6.28. The molecule has 3 rings (SSSR count). The molecule has 0 saturated heterocycles. The number of hydrogen-bond donors (Lipinski definition) is 0. The van der Waals surface area contributed by atoms with Gasteiger partial charge in [-0.3, -0.25) is 4.98 Å². The minimum atomic E-state index is -0.683. The molecule has 0 aliphatic rings. The minimum absolute atomic E-state index is 0.0791. The second-order valence-electron chi connectivity index (χ2n) is 3.73. The Morgan fingerprint density at radius 1 is 1.11 bits per heavy atom. The standard InChI is InChI=1S/C13H7ClFN3O/c14-13-17-7-9(15)12(18-13)19-10-5-1-3-8-4-2-6-16-11(8)10/h1-7H. The lowest BCUT2D eigenvalue weighted by Crippen LogP contribution is -1.95. The Balaban J connectivity index is 2.08. The predicted molar refractivity (Wildman–Crippen MR) is 68.8 cm³/mol. The van der Waals surface area contributed by atoms with Crippen LogP contribution in [0, 0.1) is 5.82 Å². The molecule has 3 aromatic rings. The van der Waals surface area contributed by atoms with Crippen LogP contribution in [0.5, 0.6) is 11.6 Å². The van der Waals surface area contributed by atoms with Gasteiger partial charge in [-0.1, -0.05) is 18.2 Å². The van der Waals surface area contributed by atoms with E-state index in [1.807, 2.05) is 18.2 Å². The van der Waals surface area contributed by atoms with E-state index in [2.05, 4.69) is 15.0 Å². The van der Waals surface area contributed by atoms with Crippen molar-refractivity contribution in [1.29, 1.82) is 0 Å². The third kappa shape index (κ3) is 2.32. The van der Waals surface area contributed by atoms with E-state index in [4.69, 9.17) is 16.3 Å². The second-order valence-corrected chi connectivity index (χ2v) is 4.06. The highest BCUT2D eigenvalue weighted by Crippen LogP contribution is 2.28. The number of fused-ring (bicyclic) bond motifs is 1. The number of rotatable bonds is 2. The first-order chi connectivity index (χ1) is 9.24. The predicted octanol–water partition coefficient (Wildman–Crippen LogP) is 3.61. The summed E-state index contributed by atoms with van der Waals surface area (Å²) in [5.74, 6) is -0.498. The molecule has 2 heterocycles. The van der Waals surface area contributed by atoms with Crippen molar-refractivity contribution in [2.75, 3.05) is 0 Å². The number of para-hydroxylation sites is 1. The number of nitrogens with zero attached hydrogens (tertiary/aromatic N) is 3. The summed E-state index contributed by atoms with van der Waals surface area (Å²) < 4.78 is 19.0. The lowest BCUT2D eigenvalue weighted by atomic mass is 10.2. The molecule has 0 N–H and O–H groups in total. The molecule has 6 heteroatoms. The maximum absolute atomic E-state index is 13.5. The fourth-order valence-electron chi connectivity index (χ4n) is 1.67. The van der Waals surface area contributed by atoms with Crippen LogP contribution in [0.4, 0.5) is 4.39 Å². The van der Waals surface area contributed by atoms with Crippen LogP contribution in [0.3, 0.4) is 0 Å². The smallest absolute Gasteiger partial charge is 0.260 e. The normalized spacial score (nSPS) is 10.6. The Labute approximate surface area is 112 Å². The molecule has 0 atom stereocenters. The van der Waals surface area contributed by atoms with Crippen molar-refractivity contribution in [2.24, 2.45) is 0 Å². The van der Waals surface area contributed by atoms with E-state index in [0.717, 1.165) is 11.6 Å². The van der Waals surface area contributed by atoms with Crippen LogP contribution >= 0.6 is 11.6 Å². The number of hydrogen-bond acceptors (Lipinski definition) is 4. The number of pyridine rings is 1. The Morgan fingerprint density at radius 2 is 1.95 bits per heavy atom. The summed E-state index contributed by atoms with van der Waals surface area (Å²) >= 11 is 5.62. The summed E-state index contributed by atoms with van der Waals surface area (Å²) in [5, 5.41) is 0.810. The summed E-state index contributed by atoms with van der Waals surface area (Å²) in [4.78, 5) is 11.4. The van der Waals surface area contributed by atoms with Gasteiger partial charge in [0, 0.05) is 11.6 Å². The molecule has 0 fully saturated rings. The zero-order valence-corrected chi connectivity index (χ0v) is 10.3. The average molecular weight is 276 g/mol. The maximum atomic E-state index is 13.5. The molecule has 0 aliphatic heterocycles. The quantitative estimate of drug-likeness (QED) is 0.670. The molecule has 0 unspecified atom stereocenters. The van der Waals surface area contributed by atoms with Crippen molar-refractivity contribution in [3.05, 3.63) is 53.8 Å². The zero-order valence-electron chi connectivity index (χ0n) is 9.55. The van der Waals surface area contributed by atoms with E-state index in [9.17, 15) is 4.39 Å². The first-order valence-corrected chi connectivity index (χ1v) is 5.81. The molecule has 0 saturated carbocycles. The van der Waals surface area contributed by atoms with Gasteiger partial charge in [-0.05, 0) is 23.7 Å². The number of benzene rings is 1. The van der Waals surface area contributed by atoms with Gasteiger partial charge < -0.3 is 4.74 Å². The lowest BCUT2D eigenvalue weighted by molar-refractivity contribution is 0.423. The summed E-state index contributed by atoms with van der Waals surface area (Å²) in [6.45, 7) is 0. The van der Waals surface area contributed by atoms with Gasteiger partial charge in [0.05, 0.1) is 6.20 Å². The molecule has 4 nitrogen and oxygen atoms in total. The van der Waals surface area contributed by atoms with Gasteiger partial charge in [0.2, 0.25) is 11.1 Å². The van der Waals surface area contributed by atoms with Crippen LogP contribution in [0.15, 0.2) is 42.7 Å². The first-order valence-electron chi connectivity index (χ1n) is 5.44. The van der Waals surface area contributed by atoms with Gasteiger partial charge in [-0.2, -0.15) is 9.37 Å². The lowest BCUT2D eigenvalue weighted by Gasteiger charge is -2.07. The number of ether oxygens (including phenoxy) is 1. The zero-order chi connectivity index (χ0) is 13.2. The van der Waals surface area contributed by atoms with Gasteiger partial charge >= 0.3 is 0 Å². The Morgan fingerprint density at radius 3 is 2.84 bits per heavy atom. The minimum Gasteiger partial charge on any atom is -0.434 e. The van der Waals surface area contributed by atoms with Crippen LogP contribution in [-0.4, -0.2) is 15.0 Å². The molecular formula is C13H7ClFN3O. The van der Waals surface area contributed by atoms with Crippen molar-refractivity contribution in [3.8, 4) is 11.6 Å². The molecule has 19 heavy (non-hydrogen) atoms. The third-order valence-electron chi connectivity index (χ3n) is 2.48. The number of aromatic nitrogens is 3. The van der Waals surface area contributed by atoms with E-state index in [-0.39, 0.29) is 11.2 Å². The Bertz CT molecular complexity index is 746. The molecule has 94 valence electrons. The summed E-state index contributed by atoms with van der Waals surface area (Å²) in [5.41, 5.74) is 0.624. The first kappa shape index (κ1) is 11.8. The Hall–Kier alpha value is -2.27. The van der Waals surface area contributed by atoms with Crippen LogP contribution in [-0.2, 0) is 0 Å². The van der Waals surface area contributed by atoms with Gasteiger partial charge in [0.25, 0.3) is 5.88 Å². The summed E-state index contributed by atoms with van der Waals surface area (Å²) in [6, 6.07) is 9.07. The van der Waals surface area contributed by atoms with E-state index < -0.39 is 5.82 Å². The molecule has 0 aliphatic carbocycles. The maximum Gasteiger partial charge on any atom is 0.260 e. The average Bonchev–Trinajstić information content (AvgIpc) is 2.43. The van der Waals surface area contributed by atoms with Crippen molar-refractivity contribution in [3.63, 3.8) is 0 Å². The van der Waals surface area contributed by atoms with Crippen LogP contribution < -0.4 is 4.74 Å². The van der Waals surface area contributed by atoms with Crippen LogP contribution in [0.2, 0.25) is 5.28 Å². The fraction of sp³-hybridized carbons (Fsp3) is 0. The topological polar surface area (TPSA) is 47.9 Å². The molecule has 0 amide bonds. The molecular weight excluding hydrogens is 269 g/mol. The van der Waals surface area contributed by atoms with E-state index >= 15 is 0 Å². The SMILES string of the molecule is Fc1cnc(Cl)nc1Oc1cccc2cccnc12. The molecule has 1 aromatic carbocycles. The van der Waals surface area contributed by atoms with E-state index in [1.54, 1.807) is 18.3 Å². The number of halogens is 2. The Kier molecular flexibility index (Phi) is 2.97. The fourth-order valence-corrected chi connectivity index (χ4v) is 1.79. The highest BCUT2D eigenvalue weighted by atomic mass is 35.5. The highest BCUT2D eigenvalue weighted by Gasteiger charge is 2.11. The van der Waals surface area contributed by atoms with Crippen molar-refractivity contribution < 1.29 is 9.13 Å². The third-order valence-corrected chi connectivity index (χ3v) is 2.67. The van der Waals surface area contributed by atoms with Crippen molar-refractivity contribution in [2.45, 2.75) is 0 Å². The molecule has 0 spiro atoms.